The minimum absolute atomic E-state index is 0.0920. The first-order valence-electron chi connectivity index (χ1n) is 18.5. The molecule has 4 bridgehead atoms. The second-order valence-corrected chi connectivity index (χ2v) is 17.1. The maximum atomic E-state index is 14.3. The number of fused-ring (bicyclic) bond motifs is 10. The third-order valence-electron chi connectivity index (χ3n) is 14.3. The summed E-state index contributed by atoms with van der Waals surface area (Å²) in [6, 6.07) is 6.53. The van der Waals surface area contributed by atoms with Gasteiger partial charge in [0.2, 0.25) is 0 Å². The Balaban J connectivity index is 1.23. The fourth-order valence-electron chi connectivity index (χ4n) is 11.2. The fraction of sp³-hybridized carbons (Fsp3) is 0.750. The first-order chi connectivity index (χ1) is 21.5. The summed E-state index contributed by atoms with van der Waals surface area (Å²) in [5, 5.41) is 10.9. The number of benzene rings is 1. The summed E-state index contributed by atoms with van der Waals surface area (Å²) in [5.41, 5.74) is 4.00. The van der Waals surface area contributed by atoms with Crippen LogP contribution in [0.25, 0.3) is 0 Å². The molecule has 1 heterocycles. The van der Waals surface area contributed by atoms with Gasteiger partial charge in [-0.3, -0.25) is 4.79 Å². The number of carbonyl (C=O) groups excluding carboxylic acids is 2. The van der Waals surface area contributed by atoms with Crippen molar-refractivity contribution in [2.45, 2.75) is 142 Å². The molecular weight excluding hydrogens is 558 g/mol. The third-order valence-corrected chi connectivity index (χ3v) is 14.3. The Bertz CT molecular complexity index is 1340. The lowest BCUT2D eigenvalue weighted by atomic mass is 9.45. The summed E-state index contributed by atoms with van der Waals surface area (Å²) in [5.74, 6) is 2.66. The molecule has 7 aliphatic carbocycles. The van der Waals surface area contributed by atoms with Crippen molar-refractivity contribution < 1.29 is 19.4 Å². The summed E-state index contributed by atoms with van der Waals surface area (Å²) >= 11 is 0. The van der Waals surface area contributed by atoms with Crippen LogP contribution in [0.4, 0.5) is 4.79 Å². The van der Waals surface area contributed by atoms with Crippen LogP contribution < -0.4 is 0 Å². The van der Waals surface area contributed by atoms with Gasteiger partial charge in [-0.15, -0.1) is 0 Å². The summed E-state index contributed by atoms with van der Waals surface area (Å²) in [6.07, 6.45) is 16.9. The van der Waals surface area contributed by atoms with Gasteiger partial charge in [0.05, 0.1) is 12.6 Å². The number of aliphatic hydroxyl groups excluding tert-OH is 1. The maximum absolute atomic E-state index is 14.3. The minimum Gasteiger partial charge on any atom is -0.440 e. The molecule has 1 aliphatic heterocycles. The van der Waals surface area contributed by atoms with Crippen molar-refractivity contribution in [3.63, 3.8) is 0 Å². The van der Waals surface area contributed by atoms with Gasteiger partial charge in [-0.25, -0.2) is 4.79 Å². The van der Waals surface area contributed by atoms with Gasteiger partial charge in [-0.2, -0.15) is 0 Å². The SMILES string of the molecule is CC1=CCC[C@@]2(C)[C@@H](CC[C@@]23CN(C[C@@H]2CC[C@H]4C[C@@H]2C4(C)C)C(=O)O3)c2ccc(cc2C(=O)C2CCCCC2)C[C@@H](O)CC1. The number of hydrogen-bond donors (Lipinski definition) is 1. The Kier molecular flexibility index (Phi) is 8.27. The van der Waals surface area contributed by atoms with E-state index in [1.807, 2.05) is 0 Å². The van der Waals surface area contributed by atoms with Crippen LogP contribution in [0.2, 0.25) is 0 Å². The molecule has 7 atom stereocenters. The van der Waals surface area contributed by atoms with Crippen LogP contribution in [-0.4, -0.2) is 46.7 Å². The number of hydrogen-bond acceptors (Lipinski definition) is 4. The lowest BCUT2D eigenvalue weighted by Crippen LogP contribution is -2.55. The van der Waals surface area contributed by atoms with Gasteiger partial charge in [-0.1, -0.05) is 63.8 Å². The highest BCUT2D eigenvalue weighted by Crippen LogP contribution is 2.64. The predicted octanol–water partition coefficient (Wildman–Crippen LogP) is 9.02. The lowest BCUT2D eigenvalue weighted by Gasteiger charge is -2.60. The first kappa shape index (κ1) is 31.5. The zero-order chi connectivity index (χ0) is 31.6. The third kappa shape index (κ3) is 5.41. The Morgan fingerprint density at radius 1 is 1.02 bits per heavy atom. The van der Waals surface area contributed by atoms with Gasteiger partial charge in [0.15, 0.2) is 5.78 Å². The normalized spacial score (nSPS) is 38.3. The standard InChI is InChI=1S/C40H57NO4/c1-26-9-8-19-39(4)34(18-20-40(39)25-41(37(44)45-40)24-29-14-15-30-23-35(29)38(30,2)3)32-17-13-27(21-31(42)16-12-26)22-33(32)36(43)28-10-6-5-7-11-28/h9,13,17,22,28-31,34-35,42H,5-8,10-12,14-16,18-21,23-25H2,1-4H3/t29-,30-,31-,34-,35-,39-,40+/m0/s1. The van der Waals surface area contributed by atoms with Crippen molar-refractivity contribution in [3.05, 3.63) is 46.5 Å². The van der Waals surface area contributed by atoms with Crippen LogP contribution >= 0.6 is 0 Å². The number of nitrogens with zero attached hydrogens (tertiary/aromatic N) is 1. The molecule has 1 saturated heterocycles. The number of amides is 1. The van der Waals surface area contributed by atoms with E-state index < -0.39 is 11.7 Å². The zero-order valence-electron chi connectivity index (χ0n) is 28.4. The van der Waals surface area contributed by atoms with E-state index in [2.05, 4.69) is 56.9 Å². The summed E-state index contributed by atoms with van der Waals surface area (Å²) in [4.78, 5) is 30.2. The average Bonchev–Trinajstić information content (AvgIpc) is 3.49. The maximum Gasteiger partial charge on any atom is 0.410 e. The van der Waals surface area contributed by atoms with Gasteiger partial charge < -0.3 is 14.7 Å². The summed E-state index contributed by atoms with van der Waals surface area (Å²) < 4.78 is 6.65. The van der Waals surface area contributed by atoms with Crippen molar-refractivity contribution in [2.24, 2.45) is 34.5 Å². The van der Waals surface area contributed by atoms with Gasteiger partial charge in [0, 0.05) is 23.4 Å². The van der Waals surface area contributed by atoms with E-state index in [1.54, 1.807) is 0 Å². The van der Waals surface area contributed by atoms with E-state index in [0.717, 1.165) is 93.4 Å². The molecule has 45 heavy (non-hydrogen) atoms. The molecule has 9 rings (SSSR count). The van der Waals surface area contributed by atoms with Gasteiger partial charge >= 0.3 is 6.09 Å². The molecule has 246 valence electrons. The topological polar surface area (TPSA) is 66.8 Å². The fourth-order valence-corrected chi connectivity index (χ4v) is 11.2. The van der Waals surface area contributed by atoms with E-state index in [4.69, 9.17) is 4.74 Å². The van der Waals surface area contributed by atoms with Crippen molar-refractivity contribution in [1.29, 1.82) is 0 Å². The van der Waals surface area contributed by atoms with Gasteiger partial charge in [0.25, 0.3) is 0 Å². The Labute approximate surface area is 271 Å². The van der Waals surface area contributed by atoms with Crippen LogP contribution in [0.3, 0.4) is 0 Å². The van der Waals surface area contributed by atoms with E-state index in [9.17, 15) is 14.7 Å². The van der Waals surface area contributed by atoms with Crippen molar-refractivity contribution >= 4 is 11.9 Å². The molecule has 0 aromatic heterocycles. The Hall–Kier alpha value is -2.14. The number of ketones is 1. The predicted molar refractivity (Wildman–Crippen MR) is 178 cm³/mol. The van der Waals surface area contributed by atoms with E-state index >= 15 is 0 Å². The second kappa shape index (κ2) is 11.8. The number of carbonyl (C=O) groups is 2. The monoisotopic (exact) mass is 615 g/mol. The van der Waals surface area contributed by atoms with Crippen molar-refractivity contribution in [2.75, 3.05) is 13.1 Å². The molecule has 0 unspecified atom stereocenters. The minimum atomic E-state index is -0.542. The molecule has 5 heteroatoms. The summed E-state index contributed by atoms with van der Waals surface area (Å²) in [7, 11) is 0. The molecule has 1 N–H and O–H groups in total. The number of rotatable bonds is 4. The number of Topliss-reactive ketones (excluding diaryl/α,β-unsaturated/α-hetero) is 1. The first-order valence-corrected chi connectivity index (χ1v) is 18.5. The average molecular weight is 616 g/mol. The quantitative estimate of drug-likeness (QED) is 0.271. The van der Waals surface area contributed by atoms with Crippen LogP contribution in [0.15, 0.2) is 29.8 Å². The van der Waals surface area contributed by atoms with Crippen LogP contribution in [0.5, 0.6) is 0 Å². The molecule has 0 radical (unpaired) electrons. The van der Waals surface area contributed by atoms with Crippen LogP contribution in [-0.2, 0) is 11.2 Å². The lowest BCUT2D eigenvalue weighted by molar-refractivity contribution is -0.109. The molecule has 1 amide bonds. The van der Waals surface area contributed by atoms with Gasteiger partial charge in [0.1, 0.15) is 5.60 Å². The highest BCUT2D eigenvalue weighted by atomic mass is 16.6. The molecular formula is C40H57NO4. The number of ether oxygens (including phenoxy) is 1. The molecule has 5 saturated carbocycles. The molecule has 1 spiro atoms. The largest absolute Gasteiger partial charge is 0.440 e. The molecule has 6 fully saturated rings. The van der Waals surface area contributed by atoms with E-state index in [0.29, 0.717) is 36.0 Å². The van der Waals surface area contributed by atoms with E-state index in [-0.39, 0.29) is 23.3 Å². The van der Waals surface area contributed by atoms with Crippen LogP contribution in [0.1, 0.15) is 145 Å². The van der Waals surface area contributed by atoms with Crippen molar-refractivity contribution in [3.8, 4) is 0 Å². The Morgan fingerprint density at radius 2 is 1.82 bits per heavy atom. The molecule has 1 aromatic rings. The smallest absolute Gasteiger partial charge is 0.410 e. The Morgan fingerprint density at radius 3 is 2.58 bits per heavy atom. The van der Waals surface area contributed by atoms with Crippen molar-refractivity contribution in [1.82, 2.24) is 4.90 Å². The summed E-state index contributed by atoms with van der Waals surface area (Å²) in [6.45, 7) is 10.9. The second-order valence-electron chi connectivity index (χ2n) is 17.1. The zero-order valence-corrected chi connectivity index (χ0v) is 28.4. The highest BCUT2D eigenvalue weighted by molar-refractivity contribution is 5.99. The van der Waals surface area contributed by atoms with E-state index in [1.165, 1.54) is 31.3 Å². The van der Waals surface area contributed by atoms with Crippen LogP contribution in [0, 0.1) is 34.5 Å². The highest BCUT2D eigenvalue weighted by Gasteiger charge is 2.64. The number of aliphatic hydroxyl groups is 1. The molecule has 1 aromatic carbocycles. The number of allylic oxidation sites excluding steroid dienone is 2. The molecule has 8 aliphatic rings. The molecule has 5 nitrogen and oxygen atoms in total. The van der Waals surface area contributed by atoms with Gasteiger partial charge in [-0.05, 0) is 130 Å².